The lowest BCUT2D eigenvalue weighted by Crippen LogP contribution is -2.43. The maximum Gasteiger partial charge on any atom is 0.227 e. The van der Waals surface area contributed by atoms with Gasteiger partial charge in [0.25, 0.3) is 0 Å². The van der Waals surface area contributed by atoms with E-state index >= 15 is 0 Å². The number of piperidine rings is 1. The average molecular weight is 305 g/mol. The van der Waals surface area contributed by atoms with Gasteiger partial charge < -0.3 is 15.1 Å². The first-order valence-electron chi connectivity index (χ1n) is 8.17. The van der Waals surface area contributed by atoms with Gasteiger partial charge in [-0.1, -0.05) is 0 Å². The van der Waals surface area contributed by atoms with Crippen molar-refractivity contribution in [2.45, 2.75) is 25.7 Å². The summed E-state index contributed by atoms with van der Waals surface area (Å²) in [6, 6.07) is 4.68. The minimum absolute atomic E-state index is 0.166. The summed E-state index contributed by atoms with van der Waals surface area (Å²) in [4.78, 5) is 16.4. The highest BCUT2D eigenvalue weighted by molar-refractivity contribution is 5.97. The molecule has 1 aromatic rings. The van der Waals surface area contributed by atoms with Crippen LogP contribution in [0.25, 0.3) is 0 Å². The highest BCUT2D eigenvalue weighted by atomic mass is 19.1. The normalized spacial score (nSPS) is 19.2. The van der Waals surface area contributed by atoms with Crippen molar-refractivity contribution in [3.63, 3.8) is 0 Å². The summed E-state index contributed by atoms with van der Waals surface area (Å²) in [6.45, 7) is 3.56. The lowest BCUT2D eigenvalue weighted by Gasteiger charge is -2.36. The van der Waals surface area contributed by atoms with Gasteiger partial charge >= 0.3 is 0 Å². The second-order valence-electron chi connectivity index (χ2n) is 6.33. The van der Waals surface area contributed by atoms with Crippen LogP contribution in [0.3, 0.4) is 0 Å². The third-order valence-electron chi connectivity index (χ3n) is 4.82. The Balaban J connectivity index is 1.67. The number of nitrogens with one attached hydrogen (secondary N) is 1. The van der Waals surface area contributed by atoms with Crippen molar-refractivity contribution in [3.05, 3.63) is 24.0 Å². The van der Waals surface area contributed by atoms with E-state index < -0.39 is 0 Å². The zero-order chi connectivity index (χ0) is 15.5. The lowest BCUT2D eigenvalue weighted by molar-refractivity contribution is -0.119. The molecular weight excluding hydrogens is 281 g/mol. The summed E-state index contributed by atoms with van der Waals surface area (Å²) < 4.78 is 13.5. The van der Waals surface area contributed by atoms with Crippen LogP contribution in [0.1, 0.15) is 25.7 Å². The predicted molar refractivity (Wildman–Crippen MR) is 86.9 cm³/mol. The van der Waals surface area contributed by atoms with Crippen LogP contribution in [0.2, 0.25) is 0 Å². The molecule has 22 heavy (non-hydrogen) atoms. The predicted octanol–water partition coefficient (Wildman–Crippen LogP) is 2.39. The topological polar surface area (TPSA) is 35.6 Å². The first kappa shape index (κ1) is 15.3. The number of nitrogens with zero attached hydrogens (tertiary/aromatic N) is 2. The van der Waals surface area contributed by atoms with E-state index in [0.717, 1.165) is 50.3 Å². The molecule has 2 aliphatic rings. The largest absolute Gasteiger partial charge is 0.371 e. The van der Waals surface area contributed by atoms with Crippen LogP contribution in [-0.4, -0.2) is 39.1 Å². The van der Waals surface area contributed by atoms with Crippen molar-refractivity contribution in [2.24, 2.45) is 5.92 Å². The quantitative estimate of drug-likeness (QED) is 0.931. The van der Waals surface area contributed by atoms with Crippen LogP contribution in [-0.2, 0) is 4.79 Å². The molecule has 1 amide bonds. The Kier molecular flexibility index (Phi) is 4.62. The standard InChI is InChI=1S/C17H24FN3O/c1-20-10-11-21(15-4-3-14(18)12-16(15)20)17(22)5-2-13-6-8-19-9-7-13/h3-4,12-13,19H,2,5-11H2,1H3. The molecule has 1 aromatic carbocycles. The van der Waals surface area contributed by atoms with Gasteiger partial charge in [0.15, 0.2) is 0 Å². The van der Waals surface area contributed by atoms with E-state index in [-0.39, 0.29) is 11.7 Å². The van der Waals surface area contributed by atoms with Gasteiger partial charge in [0, 0.05) is 26.6 Å². The van der Waals surface area contributed by atoms with Gasteiger partial charge in [0.2, 0.25) is 5.91 Å². The summed E-state index contributed by atoms with van der Waals surface area (Å²) >= 11 is 0. The molecule has 4 nitrogen and oxygen atoms in total. The highest BCUT2D eigenvalue weighted by Gasteiger charge is 2.26. The lowest BCUT2D eigenvalue weighted by atomic mass is 9.93. The molecular formula is C17H24FN3O. The number of amides is 1. The molecule has 0 atom stereocenters. The van der Waals surface area contributed by atoms with E-state index in [1.165, 1.54) is 12.1 Å². The summed E-state index contributed by atoms with van der Waals surface area (Å²) in [5, 5.41) is 3.35. The van der Waals surface area contributed by atoms with Crippen LogP contribution >= 0.6 is 0 Å². The molecule has 120 valence electrons. The zero-order valence-corrected chi connectivity index (χ0v) is 13.1. The van der Waals surface area contributed by atoms with Crippen molar-refractivity contribution < 1.29 is 9.18 Å². The monoisotopic (exact) mass is 305 g/mol. The van der Waals surface area contributed by atoms with Gasteiger partial charge in [0.05, 0.1) is 11.4 Å². The number of anilines is 2. The molecule has 5 heteroatoms. The Labute approximate surface area is 131 Å². The highest BCUT2D eigenvalue weighted by Crippen LogP contribution is 2.33. The fraction of sp³-hybridized carbons (Fsp3) is 0.588. The van der Waals surface area contributed by atoms with E-state index in [9.17, 15) is 9.18 Å². The maximum absolute atomic E-state index is 13.5. The molecule has 0 aliphatic carbocycles. The molecule has 0 unspecified atom stereocenters. The average Bonchev–Trinajstić information content (AvgIpc) is 2.54. The molecule has 1 N–H and O–H groups in total. The van der Waals surface area contributed by atoms with E-state index in [0.29, 0.717) is 18.9 Å². The minimum atomic E-state index is -0.255. The van der Waals surface area contributed by atoms with E-state index in [1.54, 1.807) is 6.07 Å². The Morgan fingerprint density at radius 2 is 2.05 bits per heavy atom. The van der Waals surface area contributed by atoms with Crippen molar-refractivity contribution in [3.8, 4) is 0 Å². The Hall–Kier alpha value is -1.62. The Bertz CT molecular complexity index is 543. The van der Waals surface area contributed by atoms with Gasteiger partial charge in [-0.2, -0.15) is 0 Å². The van der Waals surface area contributed by atoms with E-state index in [1.807, 2.05) is 16.8 Å². The Morgan fingerprint density at radius 1 is 1.27 bits per heavy atom. The van der Waals surface area contributed by atoms with Gasteiger partial charge in [-0.25, -0.2) is 4.39 Å². The number of benzene rings is 1. The number of halogens is 1. The molecule has 0 spiro atoms. The number of rotatable bonds is 3. The molecule has 0 aromatic heterocycles. The first-order chi connectivity index (χ1) is 10.6. The van der Waals surface area contributed by atoms with Crippen molar-refractivity contribution in [1.82, 2.24) is 5.32 Å². The third-order valence-corrected chi connectivity index (χ3v) is 4.82. The summed E-state index contributed by atoms with van der Waals surface area (Å²) in [5.41, 5.74) is 1.65. The molecule has 1 fully saturated rings. The maximum atomic E-state index is 13.5. The van der Waals surface area contributed by atoms with Gasteiger partial charge in [0.1, 0.15) is 5.82 Å². The number of hydrogen-bond donors (Lipinski definition) is 1. The number of likely N-dealkylation sites (N-methyl/N-ethyl adjacent to an activating group) is 1. The molecule has 0 saturated carbocycles. The van der Waals surface area contributed by atoms with Crippen LogP contribution in [0, 0.1) is 11.7 Å². The van der Waals surface area contributed by atoms with Crippen LogP contribution < -0.4 is 15.1 Å². The summed E-state index contributed by atoms with van der Waals surface area (Å²) in [7, 11) is 1.94. The molecule has 2 heterocycles. The second kappa shape index (κ2) is 6.65. The Morgan fingerprint density at radius 3 is 2.82 bits per heavy atom. The van der Waals surface area contributed by atoms with Crippen LogP contribution in [0.4, 0.5) is 15.8 Å². The van der Waals surface area contributed by atoms with Crippen molar-refractivity contribution >= 4 is 17.3 Å². The van der Waals surface area contributed by atoms with Crippen molar-refractivity contribution in [2.75, 3.05) is 43.0 Å². The van der Waals surface area contributed by atoms with Crippen molar-refractivity contribution in [1.29, 1.82) is 0 Å². The fourth-order valence-electron chi connectivity index (χ4n) is 3.41. The summed E-state index contributed by atoms with van der Waals surface area (Å²) in [6.07, 6.45) is 3.88. The first-order valence-corrected chi connectivity index (χ1v) is 8.17. The smallest absolute Gasteiger partial charge is 0.227 e. The number of carbonyl (C=O) groups excluding carboxylic acids is 1. The minimum Gasteiger partial charge on any atom is -0.371 e. The number of hydrogen-bond acceptors (Lipinski definition) is 3. The SMILES string of the molecule is CN1CCN(C(=O)CCC2CCNCC2)c2ccc(F)cc21. The zero-order valence-electron chi connectivity index (χ0n) is 13.1. The summed E-state index contributed by atoms with van der Waals surface area (Å²) in [5.74, 6) is 0.569. The van der Waals surface area contributed by atoms with E-state index in [2.05, 4.69) is 5.32 Å². The fourth-order valence-corrected chi connectivity index (χ4v) is 3.41. The molecule has 2 aliphatic heterocycles. The van der Waals surface area contributed by atoms with Crippen LogP contribution in [0.5, 0.6) is 0 Å². The van der Waals surface area contributed by atoms with E-state index in [4.69, 9.17) is 0 Å². The van der Waals surface area contributed by atoms with Gasteiger partial charge in [-0.05, 0) is 56.5 Å². The molecule has 3 rings (SSSR count). The van der Waals surface area contributed by atoms with Gasteiger partial charge in [-0.3, -0.25) is 4.79 Å². The molecule has 0 radical (unpaired) electrons. The third kappa shape index (κ3) is 3.24. The van der Waals surface area contributed by atoms with Gasteiger partial charge in [-0.15, -0.1) is 0 Å². The molecule has 0 bridgehead atoms. The van der Waals surface area contributed by atoms with Crippen LogP contribution in [0.15, 0.2) is 18.2 Å². The second-order valence-corrected chi connectivity index (χ2v) is 6.33. The number of carbonyl (C=O) groups is 1. The number of fused-ring (bicyclic) bond motifs is 1. The molecule has 1 saturated heterocycles.